The molecule has 3 unspecified atom stereocenters. The van der Waals surface area contributed by atoms with Crippen LogP contribution in [0, 0.1) is 17.8 Å². The van der Waals surface area contributed by atoms with Crippen molar-refractivity contribution >= 4 is 34.8 Å². The van der Waals surface area contributed by atoms with Gasteiger partial charge in [-0.2, -0.15) is 0 Å². The molecule has 4 rings (SSSR count). The maximum atomic E-state index is 13.6. The Morgan fingerprint density at radius 2 is 1.84 bits per heavy atom. The van der Waals surface area contributed by atoms with Gasteiger partial charge in [0.25, 0.3) is 5.91 Å². The molecule has 0 heterocycles. The summed E-state index contributed by atoms with van der Waals surface area (Å²) < 4.78 is 0. The number of rotatable bonds is 7. The zero-order valence-corrected chi connectivity index (χ0v) is 22.8. The van der Waals surface area contributed by atoms with E-state index >= 15 is 0 Å². The number of aliphatic hydroxyl groups excluding tert-OH is 2. The fraction of sp³-hybridized carbons (Fsp3) is 0.536. The van der Waals surface area contributed by atoms with Crippen molar-refractivity contribution in [2.75, 3.05) is 6.54 Å². The lowest BCUT2D eigenvalue weighted by Gasteiger charge is -2.46. The molecule has 0 saturated heterocycles. The average molecular weight is 547 g/mol. The number of nitrogens with two attached hydrogens (primary N) is 1. The van der Waals surface area contributed by atoms with E-state index in [0.29, 0.717) is 28.6 Å². The first-order valence-corrected chi connectivity index (χ1v) is 13.3. The van der Waals surface area contributed by atoms with Gasteiger partial charge in [0.05, 0.1) is 5.56 Å². The molecule has 0 aromatic heterocycles. The summed E-state index contributed by atoms with van der Waals surface area (Å²) in [6, 6.07) is 1.71. The lowest BCUT2D eigenvalue weighted by atomic mass is 9.59. The van der Waals surface area contributed by atoms with Gasteiger partial charge in [0.15, 0.2) is 11.4 Å². The van der Waals surface area contributed by atoms with Gasteiger partial charge in [-0.15, -0.1) is 0 Å². The van der Waals surface area contributed by atoms with Crippen molar-refractivity contribution in [2.45, 2.75) is 71.6 Å². The predicted octanol–water partition coefficient (Wildman–Crippen LogP) is 3.33. The summed E-state index contributed by atoms with van der Waals surface area (Å²) in [6.45, 7) is 9.80. The Morgan fingerprint density at radius 1 is 1.18 bits per heavy atom. The molecule has 3 aliphatic rings. The van der Waals surface area contributed by atoms with E-state index in [1.54, 1.807) is 0 Å². The number of ketones is 2. The monoisotopic (exact) mass is 546 g/mol. The normalized spacial score (nSPS) is 25.3. The third kappa shape index (κ3) is 4.40. The molecule has 1 saturated carbocycles. The minimum Gasteiger partial charge on any atom is -0.508 e. The Kier molecular flexibility index (Phi) is 7.42. The van der Waals surface area contributed by atoms with Crippen LogP contribution < -0.4 is 5.73 Å². The molecule has 1 fully saturated rings. The average Bonchev–Trinajstić information content (AvgIpc) is 2.81. The molecule has 38 heavy (non-hydrogen) atoms. The predicted molar refractivity (Wildman–Crippen MR) is 141 cm³/mol. The van der Waals surface area contributed by atoms with E-state index in [0.717, 1.165) is 13.0 Å². The Bertz CT molecular complexity index is 1280. The molecule has 0 aliphatic heterocycles. The molecule has 1 aromatic carbocycles. The number of hydrogen-bond acceptors (Lipinski definition) is 8. The van der Waals surface area contributed by atoms with Gasteiger partial charge in [-0.3, -0.25) is 19.3 Å². The summed E-state index contributed by atoms with van der Waals surface area (Å²) in [6.07, 6.45) is 0.880. The lowest BCUT2D eigenvalue weighted by Crippen LogP contribution is -2.58. The van der Waals surface area contributed by atoms with Crippen LogP contribution in [0.25, 0.3) is 5.76 Å². The van der Waals surface area contributed by atoms with Crippen LogP contribution >= 0.6 is 11.6 Å². The number of nitrogens with zero attached hydrogens (tertiary/aromatic N) is 1. The van der Waals surface area contributed by atoms with Crippen molar-refractivity contribution in [3.8, 4) is 5.75 Å². The molecule has 0 spiro atoms. The maximum Gasteiger partial charge on any atom is 0.255 e. The molecule has 3 atom stereocenters. The zero-order chi connectivity index (χ0) is 28.3. The fourth-order valence-electron chi connectivity index (χ4n) is 6.00. The van der Waals surface area contributed by atoms with E-state index < -0.39 is 52.0 Å². The highest BCUT2D eigenvalue weighted by Crippen LogP contribution is 2.53. The second-order valence-corrected chi connectivity index (χ2v) is 11.8. The second kappa shape index (κ2) is 10.0. The van der Waals surface area contributed by atoms with Crippen LogP contribution in [0.3, 0.4) is 0 Å². The van der Waals surface area contributed by atoms with Crippen LogP contribution in [-0.4, -0.2) is 61.0 Å². The zero-order valence-electron chi connectivity index (χ0n) is 22.0. The van der Waals surface area contributed by atoms with Gasteiger partial charge in [-0.1, -0.05) is 25.4 Å². The molecule has 10 heteroatoms. The highest BCUT2D eigenvalue weighted by atomic mass is 35.5. The van der Waals surface area contributed by atoms with Gasteiger partial charge < -0.3 is 26.2 Å². The molecule has 1 aromatic rings. The minimum atomic E-state index is -2.58. The first kappa shape index (κ1) is 28.1. The molecule has 0 radical (unpaired) electrons. The number of primary amides is 1. The number of hydrogen-bond donors (Lipinski definition) is 5. The van der Waals surface area contributed by atoms with Crippen LogP contribution in [0.1, 0.15) is 63.6 Å². The first-order valence-electron chi connectivity index (χ1n) is 12.9. The van der Waals surface area contributed by atoms with E-state index in [1.807, 2.05) is 0 Å². The second-order valence-electron chi connectivity index (χ2n) is 11.4. The van der Waals surface area contributed by atoms with Crippen LogP contribution in [0.5, 0.6) is 5.75 Å². The van der Waals surface area contributed by atoms with Crippen LogP contribution in [0.4, 0.5) is 0 Å². The van der Waals surface area contributed by atoms with Crippen molar-refractivity contribution in [1.29, 1.82) is 0 Å². The van der Waals surface area contributed by atoms with Crippen molar-refractivity contribution in [3.63, 3.8) is 0 Å². The van der Waals surface area contributed by atoms with E-state index in [1.165, 1.54) is 6.07 Å². The van der Waals surface area contributed by atoms with Crippen molar-refractivity contribution in [2.24, 2.45) is 23.5 Å². The lowest BCUT2D eigenvalue weighted by molar-refractivity contribution is -0.147. The van der Waals surface area contributed by atoms with Gasteiger partial charge in [0, 0.05) is 35.5 Å². The number of aromatic hydroxyl groups is 1. The van der Waals surface area contributed by atoms with Crippen LogP contribution in [0.15, 0.2) is 23.0 Å². The van der Waals surface area contributed by atoms with Crippen molar-refractivity contribution in [1.82, 2.24) is 4.90 Å². The SMILES string of the molecule is CC(C)CCN(Cc1cc(O)c2c(c1Cl)CC1CC3CC(=O)C(C(N)=O)=C(O)C3(O)C(=O)C1=C2O)C(C)C. The summed E-state index contributed by atoms with van der Waals surface area (Å²) in [5, 5.41) is 44.5. The topological polar surface area (TPSA) is 161 Å². The summed E-state index contributed by atoms with van der Waals surface area (Å²) in [4.78, 5) is 40.1. The Hall–Kier alpha value is -2.88. The maximum absolute atomic E-state index is 13.6. The number of Topliss-reactive ketones (excluding diaryl/α,β-unsaturated/α-hetero) is 2. The molecular weight excluding hydrogens is 512 g/mol. The fourth-order valence-corrected chi connectivity index (χ4v) is 6.29. The quantitative estimate of drug-likeness (QED) is 0.325. The van der Waals surface area contributed by atoms with E-state index in [2.05, 4.69) is 32.6 Å². The Labute approximate surface area is 226 Å². The Balaban J connectivity index is 1.78. The number of fused-ring (bicyclic) bond motifs is 3. The van der Waals surface area contributed by atoms with Gasteiger partial charge >= 0.3 is 0 Å². The van der Waals surface area contributed by atoms with E-state index in [9.17, 15) is 34.8 Å². The highest BCUT2D eigenvalue weighted by molar-refractivity contribution is 6.32. The molecule has 9 nitrogen and oxygen atoms in total. The van der Waals surface area contributed by atoms with E-state index in [4.69, 9.17) is 17.3 Å². The molecule has 6 N–H and O–H groups in total. The van der Waals surface area contributed by atoms with Gasteiger partial charge in [0.1, 0.15) is 22.8 Å². The summed E-state index contributed by atoms with van der Waals surface area (Å²) in [5.74, 6) is -6.02. The molecule has 206 valence electrons. The van der Waals surface area contributed by atoms with Gasteiger partial charge in [0.2, 0.25) is 5.78 Å². The number of amides is 1. The summed E-state index contributed by atoms with van der Waals surface area (Å²) >= 11 is 6.85. The van der Waals surface area contributed by atoms with Gasteiger partial charge in [-0.05, 0) is 68.7 Å². The van der Waals surface area contributed by atoms with E-state index in [-0.39, 0.29) is 42.2 Å². The first-order chi connectivity index (χ1) is 17.7. The smallest absolute Gasteiger partial charge is 0.255 e. The van der Waals surface area contributed by atoms with Crippen molar-refractivity contribution < 1.29 is 34.8 Å². The number of benzene rings is 1. The van der Waals surface area contributed by atoms with Crippen LogP contribution in [-0.2, 0) is 27.3 Å². The molecule has 0 bridgehead atoms. The number of halogens is 1. The highest BCUT2D eigenvalue weighted by Gasteiger charge is 2.60. The van der Waals surface area contributed by atoms with Crippen LogP contribution in [0.2, 0.25) is 5.02 Å². The third-order valence-corrected chi connectivity index (χ3v) is 8.64. The Morgan fingerprint density at radius 3 is 2.42 bits per heavy atom. The summed E-state index contributed by atoms with van der Waals surface area (Å²) in [7, 11) is 0. The standard InChI is InChI=1S/C28H35ClN2O7/c1-12(2)5-6-31(13(3)4)11-15-9-18(32)21-17(23(15)29)8-14-7-16-10-19(33)22(27(30)37)26(36)28(16,38)25(35)20(14)24(21)34/h9,12-14,16,32,34,36,38H,5-8,10-11H2,1-4H3,(H2,30,37). The molecule has 3 aliphatic carbocycles. The van der Waals surface area contributed by atoms with Gasteiger partial charge in [-0.25, -0.2) is 0 Å². The number of phenols is 1. The number of carbonyl (C=O) groups is 3. The summed E-state index contributed by atoms with van der Waals surface area (Å²) in [5.41, 5.74) is 2.83. The number of aliphatic hydroxyl groups is 3. The number of phenolic OH excluding ortho intramolecular Hbond substituents is 1. The largest absolute Gasteiger partial charge is 0.508 e. The third-order valence-electron chi connectivity index (χ3n) is 8.17. The molecule has 1 amide bonds. The van der Waals surface area contributed by atoms with Crippen molar-refractivity contribution in [3.05, 3.63) is 44.7 Å². The number of carbonyl (C=O) groups excluding carboxylic acids is 3. The minimum absolute atomic E-state index is 0.00385. The molecular formula is C28H35ClN2O7.